The number of ether oxygens (including phenoxy) is 1. The van der Waals surface area contributed by atoms with Gasteiger partial charge in [0.1, 0.15) is 22.1 Å². The van der Waals surface area contributed by atoms with E-state index in [0.717, 1.165) is 0 Å². The van der Waals surface area contributed by atoms with Crippen molar-refractivity contribution < 1.29 is 4.74 Å². The molecule has 0 bridgehead atoms. The fourth-order valence-electron chi connectivity index (χ4n) is 2.26. The van der Waals surface area contributed by atoms with E-state index in [9.17, 15) is 4.79 Å². The Hall–Kier alpha value is -1.78. The minimum atomic E-state index is -0.570. The van der Waals surface area contributed by atoms with Crippen LogP contribution in [0.25, 0.3) is 5.70 Å². The van der Waals surface area contributed by atoms with E-state index in [-0.39, 0.29) is 10.6 Å². The monoisotopic (exact) mass is 322 g/mol. The van der Waals surface area contributed by atoms with Crippen molar-refractivity contribution in [2.24, 2.45) is 0 Å². The van der Waals surface area contributed by atoms with Crippen molar-refractivity contribution in [2.75, 3.05) is 0 Å². The Morgan fingerprint density at radius 1 is 1.33 bits per heavy atom. The van der Waals surface area contributed by atoms with Crippen molar-refractivity contribution >= 4 is 28.9 Å². The Morgan fingerprint density at radius 3 is 2.86 bits per heavy atom. The largest absolute Gasteiger partial charge is 0.481 e. The molecule has 1 aliphatic heterocycles. The fraction of sp³-hybridized carbons (Fsp3) is 0.200. The predicted octanol–water partition coefficient (Wildman–Crippen LogP) is 3.61. The van der Waals surface area contributed by atoms with Crippen LogP contribution in [0, 0.1) is 0 Å². The number of nitrogens with zero attached hydrogens (tertiary/aromatic N) is 2. The lowest BCUT2D eigenvalue weighted by Crippen LogP contribution is -2.32. The van der Waals surface area contributed by atoms with Crippen LogP contribution in [-0.2, 0) is 0 Å². The van der Waals surface area contributed by atoms with Crippen molar-refractivity contribution in [1.29, 1.82) is 0 Å². The van der Waals surface area contributed by atoms with E-state index < -0.39 is 5.60 Å². The van der Waals surface area contributed by atoms with E-state index in [1.165, 1.54) is 16.8 Å². The van der Waals surface area contributed by atoms with Crippen LogP contribution in [0.4, 0.5) is 0 Å². The molecule has 6 heteroatoms. The quantitative estimate of drug-likeness (QED) is 0.805. The average molecular weight is 323 g/mol. The van der Waals surface area contributed by atoms with Crippen molar-refractivity contribution in [3.63, 3.8) is 0 Å². The molecule has 0 saturated carbocycles. The third kappa shape index (κ3) is 2.57. The molecular formula is C15H12Cl2N2O2. The van der Waals surface area contributed by atoms with Gasteiger partial charge < -0.3 is 4.74 Å². The van der Waals surface area contributed by atoms with Crippen molar-refractivity contribution in [3.05, 3.63) is 62.8 Å². The first kappa shape index (κ1) is 14.2. The minimum Gasteiger partial charge on any atom is -0.481 e. The molecule has 0 unspecified atom stereocenters. The van der Waals surface area contributed by atoms with Crippen LogP contribution >= 0.6 is 23.2 Å². The lowest BCUT2D eigenvalue weighted by atomic mass is 10.0. The average Bonchev–Trinajstić information content (AvgIpc) is 2.41. The van der Waals surface area contributed by atoms with Crippen LogP contribution in [0.2, 0.25) is 10.0 Å². The van der Waals surface area contributed by atoms with Gasteiger partial charge in [0.15, 0.2) is 0 Å². The summed E-state index contributed by atoms with van der Waals surface area (Å²) in [7, 11) is 0. The van der Waals surface area contributed by atoms with Crippen LogP contribution in [0.3, 0.4) is 0 Å². The van der Waals surface area contributed by atoms with Crippen LogP contribution < -0.4 is 10.3 Å². The van der Waals surface area contributed by atoms with Crippen LogP contribution in [0.15, 0.2) is 41.5 Å². The van der Waals surface area contributed by atoms with Gasteiger partial charge in [-0.15, -0.1) is 0 Å². The number of halogens is 2. The molecule has 21 heavy (non-hydrogen) atoms. The SMILES string of the molecule is CC1(C)C=C(n2cc(Cl)cc(Cl)c2=O)c2ncccc2O1. The number of hydrogen-bond donors (Lipinski definition) is 0. The zero-order valence-corrected chi connectivity index (χ0v) is 12.9. The predicted molar refractivity (Wildman–Crippen MR) is 83.0 cm³/mol. The molecule has 0 amide bonds. The number of rotatable bonds is 1. The van der Waals surface area contributed by atoms with Gasteiger partial charge in [0.05, 0.1) is 10.7 Å². The van der Waals surface area contributed by atoms with Gasteiger partial charge in [0.2, 0.25) is 0 Å². The topological polar surface area (TPSA) is 44.1 Å². The second-order valence-corrected chi connectivity index (χ2v) is 6.11. The molecule has 3 rings (SSSR count). The Labute approximate surface area is 131 Å². The molecule has 0 radical (unpaired) electrons. The highest BCUT2D eigenvalue weighted by molar-refractivity contribution is 6.34. The van der Waals surface area contributed by atoms with E-state index in [1.807, 2.05) is 26.0 Å². The second-order valence-electron chi connectivity index (χ2n) is 5.27. The standard InChI is InChI=1S/C15H12Cl2N2O2/c1-15(2)7-11(13-12(21-15)4-3-5-18-13)19-8-9(16)6-10(17)14(19)20/h3-8H,1-2H3. The van der Waals surface area contributed by atoms with E-state index in [0.29, 0.717) is 22.2 Å². The Bertz CT molecular complexity index is 810. The maximum atomic E-state index is 12.3. The van der Waals surface area contributed by atoms with Gasteiger partial charge in [0, 0.05) is 12.4 Å². The summed E-state index contributed by atoms with van der Waals surface area (Å²) in [4.78, 5) is 16.6. The van der Waals surface area contributed by atoms with E-state index in [1.54, 1.807) is 12.3 Å². The fourth-order valence-corrected chi connectivity index (χ4v) is 2.73. The zero-order valence-electron chi connectivity index (χ0n) is 11.4. The maximum Gasteiger partial charge on any atom is 0.274 e. The summed E-state index contributed by atoms with van der Waals surface area (Å²) in [5.41, 5.74) is 0.273. The van der Waals surface area contributed by atoms with Crippen molar-refractivity contribution in [1.82, 2.24) is 9.55 Å². The molecule has 4 nitrogen and oxygen atoms in total. The summed E-state index contributed by atoms with van der Waals surface area (Å²) in [5, 5.41) is 0.437. The first-order chi connectivity index (χ1) is 9.87. The molecule has 1 aliphatic rings. The molecule has 2 aromatic rings. The normalized spacial score (nSPS) is 15.9. The molecular weight excluding hydrogens is 311 g/mol. The highest BCUT2D eigenvalue weighted by Gasteiger charge is 2.29. The van der Waals surface area contributed by atoms with Gasteiger partial charge >= 0.3 is 0 Å². The van der Waals surface area contributed by atoms with E-state index >= 15 is 0 Å². The summed E-state index contributed by atoms with van der Waals surface area (Å²) in [6, 6.07) is 5.02. The first-order valence-electron chi connectivity index (χ1n) is 6.33. The highest BCUT2D eigenvalue weighted by atomic mass is 35.5. The molecule has 0 saturated heterocycles. The first-order valence-corrected chi connectivity index (χ1v) is 7.08. The lowest BCUT2D eigenvalue weighted by Gasteiger charge is -2.30. The molecule has 0 atom stereocenters. The third-order valence-corrected chi connectivity index (χ3v) is 3.55. The van der Waals surface area contributed by atoms with Gasteiger partial charge in [-0.2, -0.15) is 0 Å². The number of fused-ring (bicyclic) bond motifs is 1. The van der Waals surface area contributed by atoms with E-state index in [4.69, 9.17) is 27.9 Å². The summed E-state index contributed by atoms with van der Waals surface area (Å²) in [6.45, 7) is 3.81. The lowest BCUT2D eigenvalue weighted by molar-refractivity contribution is 0.156. The van der Waals surface area contributed by atoms with E-state index in [2.05, 4.69) is 4.98 Å². The molecule has 0 spiro atoms. The van der Waals surface area contributed by atoms with Crippen molar-refractivity contribution in [2.45, 2.75) is 19.4 Å². The summed E-state index contributed by atoms with van der Waals surface area (Å²) in [5.74, 6) is 0.614. The molecule has 0 fully saturated rings. The maximum absolute atomic E-state index is 12.3. The third-order valence-electron chi connectivity index (χ3n) is 3.07. The number of aromatic nitrogens is 2. The molecule has 108 valence electrons. The van der Waals surface area contributed by atoms with Gasteiger partial charge in [-0.3, -0.25) is 14.3 Å². The van der Waals surface area contributed by atoms with Crippen LogP contribution in [0.1, 0.15) is 19.5 Å². The number of hydrogen-bond acceptors (Lipinski definition) is 3. The van der Waals surface area contributed by atoms with Gasteiger partial charge in [-0.1, -0.05) is 23.2 Å². The summed E-state index contributed by atoms with van der Waals surface area (Å²) < 4.78 is 7.25. The number of pyridine rings is 2. The van der Waals surface area contributed by atoms with Gasteiger partial charge in [0.25, 0.3) is 5.56 Å². The molecule has 3 heterocycles. The molecule has 0 aromatic carbocycles. The summed E-state index contributed by atoms with van der Waals surface area (Å²) in [6.07, 6.45) is 5.00. The minimum absolute atomic E-state index is 0.0604. The van der Waals surface area contributed by atoms with Crippen LogP contribution in [-0.4, -0.2) is 15.2 Å². The Morgan fingerprint density at radius 2 is 2.10 bits per heavy atom. The smallest absolute Gasteiger partial charge is 0.274 e. The van der Waals surface area contributed by atoms with Crippen LogP contribution in [0.5, 0.6) is 5.75 Å². The second kappa shape index (κ2) is 4.90. The van der Waals surface area contributed by atoms with Crippen molar-refractivity contribution in [3.8, 4) is 5.75 Å². The molecule has 0 aliphatic carbocycles. The Balaban J connectivity index is 2.30. The summed E-state index contributed by atoms with van der Waals surface area (Å²) >= 11 is 12.0. The molecule has 2 aromatic heterocycles. The molecule has 0 N–H and O–H groups in total. The van der Waals surface area contributed by atoms with Gasteiger partial charge in [-0.25, -0.2) is 0 Å². The highest BCUT2D eigenvalue weighted by Crippen LogP contribution is 2.35. The van der Waals surface area contributed by atoms with Gasteiger partial charge in [-0.05, 0) is 38.1 Å². The Kier molecular flexibility index (Phi) is 3.30. The zero-order chi connectivity index (χ0) is 15.2.